The molecule has 0 saturated carbocycles. The minimum Gasteiger partial charge on any atom is -0.353 e. The van der Waals surface area contributed by atoms with Gasteiger partial charge in [0.1, 0.15) is 0 Å². The van der Waals surface area contributed by atoms with Gasteiger partial charge in [0.25, 0.3) is 0 Å². The van der Waals surface area contributed by atoms with Crippen molar-refractivity contribution < 1.29 is 9.47 Å². The zero-order valence-corrected chi connectivity index (χ0v) is 7.22. The summed E-state index contributed by atoms with van der Waals surface area (Å²) in [6, 6.07) is 0. The van der Waals surface area contributed by atoms with Crippen molar-refractivity contribution in [3.8, 4) is 0 Å². The molecule has 3 heteroatoms. The summed E-state index contributed by atoms with van der Waals surface area (Å²) >= 11 is 0. The lowest BCUT2D eigenvalue weighted by atomic mass is 10.5. The maximum absolute atomic E-state index is 5.21. The summed E-state index contributed by atoms with van der Waals surface area (Å²) in [6.45, 7) is 7.47. The van der Waals surface area contributed by atoms with Crippen LogP contribution in [-0.2, 0) is 9.47 Å². The lowest BCUT2D eigenvalue weighted by Gasteiger charge is -2.13. The molecule has 0 atom stereocenters. The van der Waals surface area contributed by atoms with Crippen LogP contribution in [0.25, 0.3) is 0 Å². The summed E-state index contributed by atoms with van der Waals surface area (Å²) in [7, 11) is 0. The molecule has 0 aromatic rings. The van der Waals surface area contributed by atoms with Crippen LogP contribution in [0, 0.1) is 0 Å². The molecule has 10 heavy (non-hydrogen) atoms. The van der Waals surface area contributed by atoms with Gasteiger partial charge in [-0.2, -0.15) is 0 Å². The molecular weight excluding hydrogens is 130 g/mol. The fourth-order valence-corrected chi connectivity index (χ4v) is 0.656. The highest BCUT2D eigenvalue weighted by molar-refractivity contribution is 4.36. The summed E-state index contributed by atoms with van der Waals surface area (Å²) in [5.41, 5.74) is 0. The van der Waals surface area contributed by atoms with Gasteiger partial charge in [0.15, 0.2) is 6.29 Å². The van der Waals surface area contributed by atoms with Gasteiger partial charge in [-0.1, -0.05) is 6.92 Å². The second-order valence-corrected chi connectivity index (χ2v) is 1.75. The predicted octanol–water partition coefficient (Wildman–Crippen LogP) is 1.96. The minimum atomic E-state index is 0. The Hall–Kier alpha value is -0.120. The maximum atomic E-state index is 5.21. The Bertz CT molecular complexity index is 53.6. The van der Waals surface area contributed by atoms with Crippen molar-refractivity contribution in [1.82, 2.24) is 6.15 Å². The van der Waals surface area contributed by atoms with Gasteiger partial charge < -0.3 is 15.6 Å². The van der Waals surface area contributed by atoms with Crippen molar-refractivity contribution in [2.45, 2.75) is 33.5 Å². The number of hydrogen-bond donors (Lipinski definition) is 1. The van der Waals surface area contributed by atoms with Crippen molar-refractivity contribution >= 4 is 0 Å². The molecule has 0 amide bonds. The van der Waals surface area contributed by atoms with E-state index in [-0.39, 0.29) is 12.4 Å². The SMILES string of the molecule is CCOC(CC)OCC.N. The van der Waals surface area contributed by atoms with E-state index in [0.717, 1.165) is 19.6 Å². The molecule has 0 spiro atoms. The summed E-state index contributed by atoms with van der Waals surface area (Å²) in [6.07, 6.45) is 0.946. The Kier molecular flexibility index (Phi) is 11.1. The van der Waals surface area contributed by atoms with Crippen molar-refractivity contribution in [2.75, 3.05) is 13.2 Å². The third kappa shape index (κ3) is 6.01. The van der Waals surface area contributed by atoms with E-state index in [9.17, 15) is 0 Å². The molecular formula is C7H19NO2. The van der Waals surface area contributed by atoms with E-state index in [1.807, 2.05) is 13.8 Å². The average Bonchev–Trinajstić information content (AvgIpc) is 1.88. The van der Waals surface area contributed by atoms with E-state index in [1.165, 1.54) is 0 Å². The molecule has 0 aliphatic carbocycles. The minimum absolute atomic E-state index is 0. The van der Waals surface area contributed by atoms with Crippen LogP contribution in [0.2, 0.25) is 0 Å². The van der Waals surface area contributed by atoms with E-state index < -0.39 is 0 Å². The lowest BCUT2D eigenvalue weighted by molar-refractivity contribution is -0.136. The molecule has 0 heterocycles. The zero-order valence-electron chi connectivity index (χ0n) is 7.22. The van der Waals surface area contributed by atoms with Crippen LogP contribution < -0.4 is 6.15 Å². The number of ether oxygens (including phenoxy) is 2. The molecule has 0 unspecified atom stereocenters. The fraction of sp³-hybridized carbons (Fsp3) is 1.00. The first-order chi connectivity index (χ1) is 4.35. The largest absolute Gasteiger partial charge is 0.353 e. The normalized spacial score (nSPS) is 9.60. The molecule has 0 aliphatic heterocycles. The number of rotatable bonds is 5. The molecule has 0 saturated heterocycles. The highest BCUT2D eigenvalue weighted by atomic mass is 16.7. The van der Waals surface area contributed by atoms with E-state index in [1.54, 1.807) is 0 Å². The molecule has 0 fully saturated rings. The van der Waals surface area contributed by atoms with Gasteiger partial charge in [-0.3, -0.25) is 0 Å². The highest BCUT2D eigenvalue weighted by Gasteiger charge is 2.01. The first kappa shape index (κ1) is 12.5. The average molecular weight is 149 g/mol. The van der Waals surface area contributed by atoms with Crippen LogP contribution in [0.4, 0.5) is 0 Å². The first-order valence-corrected chi connectivity index (χ1v) is 3.58. The quantitative estimate of drug-likeness (QED) is 0.608. The van der Waals surface area contributed by atoms with Crippen LogP contribution in [0.1, 0.15) is 27.2 Å². The van der Waals surface area contributed by atoms with Crippen molar-refractivity contribution in [2.24, 2.45) is 0 Å². The van der Waals surface area contributed by atoms with Gasteiger partial charge in [-0.05, 0) is 20.3 Å². The van der Waals surface area contributed by atoms with Gasteiger partial charge >= 0.3 is 0 Å². The van der Waals surface area contributed by atoms with Crippen LogP contribution >= 0.6 is 0 Å². The monoisotopic (exact) mass is 149 g/mol. The highest BCUT2D eigenvalue weighted by Crippen LogP contribution is 1.98. The topological polar surface area (TPSA) is 53.5 Å². The van der Waals surface area contributed by atoms with Crippen LogP contribution in [0.3, 0.4) is 0 Å². The van der Waals surface area contributed by atoms with Crippen molar-refractivity contribution in [3.63, 3.8) is 0 Å². The molecule has 0 aliphatic rings. The fourth-order valence-electron chi connectivity index (χ4n) is 0.656. The van der Waals surface area contributed by atoms with Gasteiger partial charge in [0.05, 0.1) is 0 Å². The zero-order chi connectivity index (χ0) is 7.11. The van der Waals surface area contributed by atoms with Crippen molar-refractivity contribution in [1.29, 1.82) is 0 Å². The van der Waals surface area contributed by atoms with E-state index in [4.69, 9.17) is 9.47 Å². The lowest BCUT2D eigenvalue weighted by Crippen LogP contribution is -2.15. The van der Waals surface area contributed by atoms with Crippen molar-refractivity contribution in [3.05, 3.63) is 0 Å². The van der Waals surface area contributed by atoms with E-state index in [0.29, 0.717) is 0 Å². The van der Waals surface area contributed by atoms with Gasteiger partial charge in [-0.25, -0.2) is 0 Å². The molecule has 0 aromatic carbocycles. The predicted molar refractivity (Wildman–Crippen MR) is 42.4 cm³/mol. The Labute approximate surface area is 63.3 Å². The Morgan fingerprint density at radius 1 is 1.00 bits per heavy atom. The molecule has 0 radical (unpaired) electrons. The van der Waals surface area contributed by atoms with Crippen LogP contribution in [0.15, 0.2) is 0 Å². The van der Waals surface area contributed by atoms with Gasteiger partial charge in [0, 0.05) is 13.2 Å². The second-order valence-electron chi connectivity index (χ2n) is 1.75. The first-order valence-electron chi connectivity index (χ1n) is 3.58. The second kappa shape index (κ2) is 8.88. The van der Waals surface area contributed by atoms with Crippen LogP contribution in [0.5, 0.6) is 0 Å². The molecule has 64 valence electrons. The Morgan fingerprint density at radius 2 is 1.40 bits per heavy atom. The standard InChI is InChI=1S/C7H16O2.H3N/c1-4-7(8-5-2)9-6-3;/h7H,4-6H2,1-3H3;1H3. The van der Waals surface area contributed by atoms with E-state index in [2.05, 4.69) is 6.92 Å². The summed E-state index contributed by atoms with van der Waals surface area (Å²) < 4.78 is 10.4. The molecule has 0 rings (SSSR count). The number of hydrogen-bond acceptors (Lipinski definition) is 3. The molecule has 0 bridgehead atoms. The summed E-state index contributed by atoms with van der Waals surface area (Å²) in [5, 5.41) is 0. The van der Waals surface area contributed by atoms with E-state index >= 15 is 0 Å². The Balaban J connectivity index is 0. The molecule has 0 aromatic heterocycles. The smallest absolute Gasteiger partial charge is 0.157 e. The van der Waals surface area contributed by atoms with Crippen LogP contribution in [-0.4, -0.2) is 19.5 Å². The molecule has 3 nitrogen and oxygen atoms in total. The van der Waals surface area contributed by atoms with Gasteiger partial charge in [-0.15, -0.1) is 0 Å². The third-order valence-electron chi connectivity index (χ3n) is 1.04. The van der Waals surface area contributed by atoms with Gasteiger partial charge in [0.2, 0.25) is 0 Å². The maximum Gasteiger partial charge on any atom is 0.157 e. The molecule has 3 N–H and O–H groups in total. The Morgan fingerprint density at radius 3 is 1.60 bits per heavy atom. The summed E-state index contributed by atoms with van der Waals surface area (Å²) in [4.78, 5) is 0. The summed E-state index contributed by atoms with van der Waals surface area (Å²) in [5.74, 6) is 0. The third-order valence-corrected chi connectivity index (χ3v) is 1.04.